The SMILES string of the molecule is Cc1ccc(N)c(C(O)C(O)CNC(=O)OC(C)(C)C)c1. The molecule has 0 saturated carbocycles. The molecule has 1 aromatic rings. The molecule has 0 aliphatic carbocycles. The molecule has 1 rings (SSSR count). The van der Waals surface area contributed by atoms with E-state index in [4.69, 9.17) is 10.5 Å². The van der Waals surface area contributed by atoms with E-state index in [1.807, 2.05) is 13.0 Å². The fraction of sp³-hybridized carbons (Fsp3) is 0.533. The number of nitrogens with one attached hydrogen (secondary N) is 1. The van der Waals surface area contributed by atoms with E-state index < -0.39 is 23.9 Å². The van der Waals surface area contributed by atoms with Crippen molar-refractivity contribution in [2.75, 3.05) is 12.3 Å². The lowest BCUT2D eigenvalue weighted by Crippen LogP contribution is -2.39. The maximum absolute atomic E-state index is 11.5. The largest absolute Gasteiger partial charge is 0.444 e. The zero-order chi connectivity index (χ0) is 16.2. The highest BCUT2D eigenvalue weighted by Gasteiger charge is 2.22. The van der Waals surface area contributed by atoms with E-state index in [9.17, 15) is 15.0 Å². The normalized spacial score (nSPS) is 14.4. The van der Waals surface area contributed by atoms with Crippen LogP contribution in [0.4, 0.5) is 10.5 Å². The number of aryl methyl sites for hydroxylation is 1. The Hall–Kier alpha value is -1.79. The number of rotatable bonds is 4. The lowest BCUT2D eigenvalue weighted by Gasteiger charge is -2.23. The Morgan fingerprint density at radius 2 is 2.00 bits per heavy atom. The molecule has 0 aliphatic rings. The first-order chi connectivity index (χ1) is 9.60. The predicted octanol–water partition coefficient (Wildman–Crippen LogP) is 1.50. The van der Waals surface area contributed by atoms with Crippen molar-refractivity contribution in [1.29, 1.82) is 0 Å². The summed E-state index contributed by atoms with van der Waals surface area (Å²) in [5.41, 5.74) is 6.92. The van der Waals surface area contributed by atoms with Gasteiger partial charge in [0.2, 0.25) is 0 Å². The molecule has 0 radical (unpaired) electrons. The number of carbonyl (C=O) groups excluding carboxylic acids is 1. The van der Waals surface area contributed by atoms with E-state index >= 15 is 0 Å². The topological polar surface area (TPSA) is 105 Å². The summed E-state index contributed by atoms with van der Waals surface area (Å²) < 4.78 is 5.05. The first-order valence-electron chi connectivity index (χ1n) is 6.79. The van der Waals surface area contributed by atoms with E-state index in [1.54, 1.807) is 32.9 Å². The molecule has 1 aromatic carbocycles. The second-order valence-electron chi connectivity index (χ2n) is 6.03. The summed E-state index contributed by atoms with van der Waals surface area (Å²) in [5.74, 6) is 0. The second-order valence-corrected chi connectivity index (χ2v) is 6.03. The highest BCUT2D eigenvalue weighted by molar-refractivity contribution is 5.67. The van der Waals surface area contributed by atoms with Crippen LogP contribution < -0.4 is 11.1 Å². The van der Waals surface area contributed by atoms with Gasteiger partial charge in [-0.3, -0.25) is 0 Å². The van der Waals surface area contributed by atoms with Crippen molar-refractivity contribution in [3.63, 3.8) is 0 Å². The molecule has 5 N–H and O–H groups in total. The van der Waals surface area contributed by atoms with Gasteiger partial charge in [-0.1, -0.05) is 17.7 Å². The van der Waals surface area contributed by atoms with Gasteiger partial charge in [0.05, 0.1) is 0 Å². The quantitative estimate of drug-likeness (QED) is 0.630. The number of alkyl carbamates (subject to hydrolysis) is 1. The molecule has 6 heteroatoms. The first-order valence-corrected chi connectivity index (χ1v) is 6.79. The summed E-state index contributed by atoms with van der Waals surface area (Å²) in [4.78, 5) is 11.5. The number of nitrogens with two attached hydrogens (primary N) is 1. The van der Waals surface area contributed by atoms with Gasteiger partial charge in [0.25, 0.3) is 0 Å². The van der Waals surface area contributed by atoms with Crippen LogP contribution in [-0.2, 0) is 4.74 Å². The smallest absolute Gasteiger partial charge is 0.407 e. The molecule has 0 fully saturated rings. The van der Waals surface area contributed by atoms with Crippen LogP contribution in [0.25, 0.3) is 0 Å². The number of carbonyl (C=O) groups is 1. The van der Waals surface area contributed by atoms with Crippen molar-refractivity contribution in [3.05, 3.63) is 29.3 Å². The zero-order valence-electron chi connectivity index (χ0n) is 12.9. The minimum Gasteiger partial charge on any atom is -0.444 e. The third-order valence-electron chi connectivity index (χ3n) is 2.78. The summed E-state index contributed by atoms with van der Waals surface area (Å²) in [6.07, 6.45) is -3.01. The zero-order valence-corrected chi connectivity index (χ0v) is 12.9. The Morgan fingerprint density at radius 3 is 2.57 bits per heavy atom. The van der Waals surface area contributed by atoms with Gasteiger partial charge in [0.15, 0.2) is 0 Å². The molecule has 21 heavy (non-hydrogen) atoms. The average Bonchev–Trinajstić information content (AvgIpc) is 2.36. The predicted molar refractivity (Wildman–Crippen MR) is 80.8 cm³/mol. The highest BCUT2D eigenvalue weighted by atomic mass is 16.6. The second kappa shape index (κ2) is 6.78. The van der Waals surface area contributed by atoms with Crippen LogP contribution in [0.5, 0.6) is 0 Å². The number of nitrogen functional groups attached to an aromatic ring is 1. The molecule has 0 aromatic heterocycles. The third kappa shape index (κ3) is 5.61. The van der Waals surface area contributed by atoms with Gasteiger partial charge in [0, 0.05) is 17.8 Å². The van der Waals surface area contributed by atoms with Gasteiger partial charge in [-0.2, -0.15) is 0 Å². The number of amides is 1. The standard InChI is InChI=1S/C15H24N2O4/c1-9-5-6-11(16)10(7-9)13(19)12(18)8-17-14(20)21-15(2,3)4/h5-7,12-13,18-19H,8,16H2,1-4H3,(H,17,20). The summed E-state index contributed by atoms with van der Waals surface area (Å²) in [7, 11) is 0. The van der Waals surface area contributed by atoms with Crippen molar-refractivity contribution in [2.45, 2.75) is 45.5 Å². The minimum atomic E-state index is -1.18. The molecule has 0 saturated heterocycles. The Kier molecular flexibility index (Phi) is 5.57. The molecular weight excluding hydrogens is 272 g/mol. The molecule has 0 heterocycles. The first kappa shape index (κ1) is 17.3. The van der Waals surface area contributed by atoms with Crippen LogP contribution in [0.15, 0.2) is 18.2 Å². The van der Waals surface area contributed by atoms with Crippen LogP contribution in [-0.4, -0.2) is 34.6 Å². The van der Waals surface area contributed by atoms with Crippen molar-refractivity contribution in [1.82, 2.24) is 5.32 Å². The van der Waals surface area contributed by atoms with E-state index in [0.717, 1.165) is 5.56 Å². The number of hydrogen-bond acceptors (Lipinski definition) is 5. The molecule has 1 amide bonds. The van der Waals surface area contributed by atoms with Gasteiger partial charge in [-0.05, 0) is 33.8 Å². The van der Waals surface area contributed by atoms with Gasteiger partial charge in [-0.15, -0.1) is 0 Å². The number of hydrogen-bond donors (Lipinski definition) is 4. The maximum Gasteiger partial charge on any atom is 0.407 e. The van der Waals surface area contributed by atoms with Gasteiger partial charge < -0.3 is 26.0 Å². The minimum absolute atomic E-state index is 0.135. The number of benzene rings is 1. The highest BCUT2D eigenvalue weighted by Crippen LogP contribution is 2.24. The molecule has 6 nitrogen and oxygen atoms in total. The summed E-state index contributed by atoms with van der Waals surface area (Å²) in [6.45, 7) is 6.95. The van der Waals surface area contributed by atoms with Gasteiger partial charge >= 0.3 is 6.09 Å². The molecule has 2 atom stereocenters. The molecular formula is C15H24N2O4. The van der Waals surface area contributed by atoms with Crippen molar-refractivity contribution in [3.8, 4) is 0 Å². The third-order valence-corrected chi connectivity index (χ3v) is 2.78. The number of aliphatic hydroxyl groups is 2. The fourth-order valence-corrected chi connectivity index (χ4v) is 1.77. The summed E-state index contributed by atoms with van der Waals surface area (Å²) in [5, 5.41) is 22.5. The van der Waals surface area contributed by atoms with Crippen molar-refractivity contribution >= 4 is 11.8 Å². The average molecular weight is 296 g/mol. The van der Waals surface area contributed by atoms with Gasteiger partial charge in [0.1, 0.15) is 17.8 Å². The van der Waals surface area contributed by atoms with Crippen LogP contribution in [0, 0.1) is 6.92 Å². The Morgan fingerprint density at radius 1 is 1.38 bits per heavy atom. The lowest BCUT2D eigenvalue weighted by atomic mass is 10.0. The Balaban J connectivity index is 2.61. The number of ether oxygens (including phenoxy) is 1. The van der Waals surface area contributed by atoms with Gasteiger partial charge in [-0.25, -0.2) is 4.79 Å². The number of anilines is 1. The molecule has 0 aliphatic heterocycles. The Labute approximate surface area is 124 Å². The maximum atomic E-state index is 11.5. The van der Waals surface area contributed by atoms with E-state index in [1.165, 1.54) is 0 Å². The van der Waals surface area contributed by atoms with E-state index in [0.29, 0.717) is 11.3 Å². The van der Waals surface area contributed by atoms with E-state index in [2.05, 4.69) is 5.32 Å². The van der Waals surface area contributed by atoms with Crippen molar-refractivity contribution in [2.24, 2.45) is 0 Å². The van der Waals surface area contributed by atoms with E-state index in [-0.39, 0.29) is 6.54 Å². The lowest BCUT2D eigenvalue weighted by molar-refractivity contribution is 0.0132. The van der Waals surface area contributed by atoms with Crippen LogP contribution >= 0.6 is 0 Å². The summed E-state index contributed by atoms with van der Waals surface area (Å²) in [6, 6.07) is 5.19. The molecule has 0 bridgehead atoms. The van der Waals surface area contributed by atoms with Crippen LogP contribution in [0.2, 0.25) is 0 Å². The molecule has 2 unspecified atom stereocenters. The Bertz CT molecular complexity index is 497. The van der Waals surface area contributed by atoms with Crippen molar-refractivity contribution < 1.29 is 19.7 Å². The molecule has 0 spiro atoms. The molecule has 118 valence electrons. The van der Waals surface area contributed by atoms with Crippen LogP contribution in [0.3, 0.4) is 0 Å². The monoisotopic (exact) mass is 296 g/mol. The fourth-order valence-electron chi connectivity index (χ4n) is 1.77. The van der Waals surface area contributed by atoms with Crippen LogP contribution in [0.1, 0.15) is 38.0 Å². The number of aliphatic hydroxyl groups excluding tert-OH is 2. The summed E-state index contributed by atoms with van der Waals surface area (Å²) >= 11 is 0.